The predicted molar refractivity (Wildman–Crippen MR) is 222 cm³/mol. The van der Waals surface area contributed by atoms with E-state index in [9.17, 15) is 14.7 Å². The second-order valence-electron chi connectivity index (χ2n) is 16.1. The molecule has 2 aromatic heterocycles. The Morgan fingerprint density at radius 1 is 0.877 bits per heavy atom. The van der Waals surface area contributed by atoms with E-state index < -0.39 is 35.0 Å². The summed E-state index contributed by atoms with van der Waals surface area (Å²) >= 11 is 7.93. The van der Waals surface area contributed by atoms with Crippen LogP contribution in [0.5, 0.6) is 5.75 Å². The number of allylic oxidation sites excluding steroid dienone is 2. The molecule has 1 N–H and O–H groups in total. The molecule has 2 aliphatic heterocycles. The molecular weight excluding hydrogens is 756 g/mol. The molecule has 4 aromatic carbocycles. The number of aromatic nitrogens is 2. The SMILES string of the molecule is CCc1ccc(N2C(=O)C3CC=C4C(CC5C(=O)N(c6cc(-c7sc8ccc(Cl)cc8c7C)nn6C)C(=O)C5(C)C4c4ccc(O)c5ccccc45)C3C2=O)cc1. The highest BCUT2D eigenvalue weighted by Gasteiger charge is 2.68. The lowest BCUT2D eigenvalue weighted by Crippen LogP contribution is -2.49. The van der Waals surface area contributed by atoms with Crippen molar-refractivity contribution in [2.45, 2.75) is 46.0 Å². The summed E-state index contributed by atoms with van der Waals surface area (Å²) in [4.78, 5) is 62.8. The lowest BCUT2D eigenvalue weighted by molar-refractivity contribution is -0.131. The number of fused-ring (bicyclic) bond motifs is 6. The molecule has 9 nitrogen and oxygen atoms in total. The van der Waals surface area contributed by atoms with Crippen molar-refractivity contribution in [3.63, 3.8) is 0 Å². The van der Waals surface area contributed by atoms with Gasteiger partial charge in [0, 0.05) is 34.1 Å². The van der Waals surface area contributed by atoms with Gasteiger partial charge < -0.3 is 5.11 Å². The average molecular weight is 795 g/mol. The lowest BCUT2D eigenvalue weighted by atomic mass is 9.51. The number of hydrogen-bond acceptors (Lipinski definition) is 7. The van der Waals surface area contributed by atoms with E-state index in [1.165, 1.54) is 9.80 Å². The fourth-order valence-corrected chi connectivity index (χ4v) is 11.8. The zero-order chi connectivity index (χ0) is 39.7. The Morgan fingerprint density at radius 2 is 1.63 bits per heavy atom. The zero-order valence-electron chi connectivity index (χ0n) is 31.8. The van der Waals surface area contributed by atoms with Crippen molar-refractivity contribution >= 4 is 78.9 Å². The Balaban J connectivity index is 1.11. The number of imide groups is 2. The van der Waals surface area contributed by atoms with Gasteiger partial charge in [0.15, 0.2) is 0 Å². The predicted octanol–water partition coefficient (Wildman–Crippen LogP) is 9.12. The van der Waals surface area contributed by atoms with Gasteiger partial charge in [-0.2, -0.15) is 5.10 Å². The highest BCUT2D eigenvalue weighted by atomic mass is 35.5. The van der Waals surface area contributed by atoms with E-state index in [4.69, 9.17) is 16.7 Å². The maximum atomic E-state index is 15.4. The van der Waals surface area contributed by atoms with Crippen LogP contribution < -0.4 is 9.80 Å². The van der Waals surface area contributed by atoms with Crippen molar-refractivity contribution in [3.8, 4) is 16.3 Å². The summed E-state index contributed by atoms with van der Waals surface area (Å²) < 4.78 is 2.65. The second kappa shape index (κ2) is 12.7. The number of benzene rings is 4. The maximum absolute atomic E-state index is 15.4. The second-order valence-corrected chi connectivity index (χ2v) is 17.6. The number of rotatable bonds is 5. The Bertz CT molecular complexity index is 2790. The van der Waals surface area contributed by atoms with E-state index in [0.717, 1.165) is 49.0 Å². The maximum Gasteiger partial charge on any atom is 0.242 e. The van der Waals surface area contributed by atoms with Gasteiger partial charge in [0.05, 0.1) is 33.7 Å². The van der Waals surface area contributed by atoms with Gasteiger partial charge in [-0.05, 0) is 103 Å². The molecule has 2 saturated heterocycles. The number of amides is 4. The van der Waals surface area contributed by atoms with E-state index >= 15 is 9.59 Å². The molecule has 6 unspecified atom stereocenters. The first kappa shape index (κ1) is 35.8. The highest BCUT2D eigenvalue weighted by Crippen LogP contribution is 2.64. The summed E-state index contributed by atoms with van der Waals surface area (Å²) in [7, 11) is 1.74. The first-order chi connectivity index (χ1) is 27.4. The number of hydrogen-bond donors (Lipinski definition) is 1. The number of phenolic OH excluding ortho intramolecular Hbond substituents is 1. The highest BCUT2D eigenvalue weighted by molar-refractivity contribution is 7.22. The Morgan fingerprint density at radius 3 is 2.39 bits per heavy atom. The number of carbonyl (C=O) groups is 4. The molecule has 0 bridgehead atoms. The van der Waals surface area contributed by atoms with Crippen LogP contribution >= 0.6 is 22.9 Å². The lowest BCUT2D eigenvalue weighted by Gasteiger charge is -2.49. The minimum Gasteiger partial charge on any atom is -0.507 e. The van der Waals surface area contributed by atoms with Gasteiger partial charge >= 0.3 is 0 Å². The number of thiophene rings is 1. The van der Waals surface area contributed by atoms with Crippen LogP contribution in [0.25, 0.3) is 31.4 Å². The van der Waals surface area contributed by atoms with Crippen LogP contribution in [0.2, 0.25) is 5.02 Å². The molecule has 4 amide bonds. The summed E-state index contributed by atoms with van der Waals surface area (Å²) in [5.74, 6) is -3.91. The van der Waals surface area contributed by atoms with E-state index in [-0.39, 0.29) is 35.8 Å². The van der Waals surface area contributed by atoms with Crippen LogP contribution in [0.1, 0.15) is 49.3 Å². The standard InChI is InChI=1S/C46H39ClN4O5S/c1-5-24-10-13-26(14-11-24)50-42(53)31-16-15-30-33(39(31)44(50)55)21-34-43(54)51(38-22-35(48-49(38)4)41-23(2)32-20-25(47)12-19-37(32)57-41)45(56)46(34,3)40(30)29-17-18-36(52)28-9-7-6-8-27(28)29/h6-15,17-20,22,31,33-34,39-40,52H,5,16,21H2,1-4H3. The third-order valence-corrected chi connectivity index (χ3v) is 14.9. The van der Waals surface area contributed by atoms with E-state index in [1.54, 1.807) is 29.1 Å². The Hall–Kier alpha value is -5.58. The quantitative estimate of drug-likeness (QED) is 0.138. The van der Waals surface area contributed by atoms with Crippen LogP contribution in [0.15, 0.2) is 96.6 Å². The molecule has 2 aliphatic carbocycles. The monoisotopic (exact) mass is 794 g/mol. The molecule has 6 atom stereocenters. The molecular formula is C46H39ClN4O5S. The number of halogens is 1. The summed E-state index contributed by atoms with van der Waals surface area (Å²) in [6.45, 7) is 5.96. The fourth-order valence-electron chi connectivity index (χ4n) is 10.5. The summed E-state index contributed by atoms with van der Waals surface area (Å²) in [6, 6.07) is 26.1. The van der Waals surface area contributed by atoms with Crippen molar-refractivity contribution in [3.05, 3.63) is 118 Å². The van der Waals surface area contributed by atoms with Gasteiger partial charge in [0.25, 0.3) is 0 Å². The summed E-state index contributed by atoms with van der Waals surface area (Å²) in [5.41, 5.74) is 3.73. The molecule has 3 fully saturated rings. The Labute approximate surface area is 338 Å². The van der Waals surface area contributed by atoms with Gasteiger partial charge in [-0.1, -0.05) is 72.6 Å². The van der Waals surface area contributed by atoms with Crippen molar-refractivity contribution in [1.29, 1.82) is 0 Å². The molecule has 1 saturated carbocycles. The zero-order valence-corrected chi connectivity index (χ0v) is 33.4. The number of aromatic hydroxyl groups is 1. The van der Waals surface area contributed by atoms with Crippen molar-refractivity contribution in [2.75, 3.05) is 9.80 Å². The van der Waals surface area contributed by atoms with Crippen molar-refractivity contribution < 1.29 is 24.3 Å². The molecule has 286 valence electrons. The molecule has 0 spiro atoms. The number of carbonyl (C=O) groups excluding carboxylic acids is 4. The van der Waals surface area contributed by atoms with Gasteiger partial charge in [-0.25, -0.2) is 4.90 Å². The number of nitrogens with zero attached hydrogens (tertiary/aromatic N) is 4. The summed E-state index contributed by atoms with van der Waals surface area (Å²) in [5, 5.41) is 18.9. The minimum absolute atomic E-state index is 0.110. The molecule has 4 aliphatic rings. The van der Waals surface area contributed by atoms with Crippen LogP contribution in [0.3, 0.4) is 0 Å². The smallest absolute Gasteiger partial charge is 0.242 e. The normalized spacial score (nSPS) is 25.7. The van der Waals surface area contributed by atoms with Gasteiger partial charge in [0.2, 0.25) is 23.6 Å². The topological polar surface area (TPSA) is 113 Å². The van der Waals surface area contributed by atoms with Gasteiger partial charge in [-0.15, -0.1) is 11.3 Å². The molecule has 57 heavy (non-hydrogen) atoms. The van der Waals surface area contributed by atoms with Crippen molar-refractivity contribution in [1.82, 2.24) is 9.78 Å². The molecule has 6 aromatic rings. The molecule has 10 rings (SSSR count). The number of anilines is 2. The first-order valence-electron chi connectivity index (χ1n) is 19.4. The summed E-state index contributed by atoms with van der Waals surface area (Å²) in [6.07, 6.45) is 3.47. The minimum atomic E-state index is -1.26. The number of aryl methyl sites for hydroxylation is 3. The van der Waals surface area contributed by atoms with Gasteiger partial charge in [-0.3, -0.25) is 28.8 Å². The van der Waals surface area contributed by atoms with E-state index in [0.29, 0.717) is 34.0 Å². The van der Waals surface area contributed by atoms with Crippen LogP contribution in [-0.4, -0.2) is 38.5 Å². The average Bonchev–Trinajstić information content (AvgIpc) is 3.88. The van der Waals surface area contributed by atoms with E-state index in [2.05, 4.69) is 13.0 Å². The molecule has 0 radical (unpaired) electrons. The van der Waals surface area contributed by atoms with E-state index in [1.807, 2.05) is 92.7 Å². The van der Waals surface area contributed by atoms with Crippen molar-refractivity contribution in [2.24, 2.45) is 36.1 Å². The largest absolute Gasteiger partial charge is 0.507 e. The van der Waals surface area contributed by atoms with Gasteiger partial charge in [0.1, 0.15) is 17.3 Å². The van der Waals surface area contributed by atoms with Crippen LogP contribution in [0.4, 0.5) is 11.5 Å². The number of phenols is 1. The Kier molecular flexibility index (Phi) is 7.99. The van der Waals surface area contributed by atoms with Crippen LogP contribution in [0, 0.1) is 36.0 Å². The third-order valence-electron chi connectivity index (χ3n) is 13.3. The van der Waals surface area contributed by atoms with Crippen LogP contribution in [-0.2, 0) is 32.6 Å². The molecule has 11 heteroatoms. The molecule has 4 heterocycles. The third kappa shape index (κ3) is 4.96. The first-order valence-corrected chi connectivity index (χ1v) is 20.6. The fraction of sp³-hybridized carbons (Fsp3) is 0.283.